The first kappa shape index (κ1) is 12.1. The van der Waals surface area contributed by atoms with Crippen molar-refractivity contribution in [3.8, 4) is 0 Å². The molecule has 0 spiro atoms. The van der Waals surface area contributed by atoms with Crippen LogP contribution in [0, 0.1) is 6.92 Å². The number of aryl methyl sites for hydroxylation is 1. The Hall–Kier alpha value is -1.02. The number of hydrogen-bond acceptors (Lipinski definition) is 2. The highest BCUT2D eigenvalue weighted by molar-refractivity contribution is 5.58. The largest absolute Gasteiger partial charge is 0.311 e. The lowest BCUT2D eigenvalue weighted by atomic mass is 10.1. The Bertz CT molecular complexity index is 320. The highest BCUT2D eigenvalue weighted by Crippen LogP contribution is 2.31. The Balaban J connectivity index is 0.000000337. The molecule has 0 fully saturated rings. The number of rotatable bonds is 0. The molecule has 0 amide bonds. The van der Waals surface area contributed by atoms with E-state index < -0.39 is 0 Å². The predicted molar refractivity (Wildman–Crippen MR) is 67.1 cm³/mol. The van der Waals surface area contributed by atoms with Crippen molar-refractivity contribution < 1.29 is 0 Å². The second kappa shape index (κ2) is 5.17. The average molecular weight is 206 g/mol. The Morgan fingerprint density at radius 1 is 1.33 bits per heavy atom. The van der Waals surface area contributed by atoms with E-state index in [4.69, 9.17) is 0 Å². The zero-order valence-electron chi connectivity index (χ0n) is 10.5. The van der Waals surface area contributed by atoms with Crippen LogP contribution >= 0.6 is 0 Å². The maximum absolute atomic E-state index is 3.34. The number of anilines is 1. The molecule has 1 aliphatic heterocycles. The number of hydrogen-bond donors (Lipinski definition) is 1. The fourth-order valence-electron chi connectivity index (χ4n) is 1.74. The summed E-state index contributed by atoms with van der Waals surface area (Å²) >= 11 is 0. The Kier molecular flexibility index (Phi) is 4.15. The first-order valence-corrected chi connectivity index (χ1v) is 5.70. The van der Waals surface area contributed by atoms with Gasteiger partial charge in [0, 0.05) is 7.05 Å². The topological polar surface area (TPSA) is 15.3 Å². The lowest BCUT2D eigenvalue weighted by Gasteiger charge is -2.12. The van der Waals surface area contributed by atoms with Gasteiger partial charge in [0.05, 0.1) is 11.7 Å². The third-order valence-corrected chi connectivity index (χ3v) is 2.40. The van der Waals surface area contributed by atoms with Crippen LogP contribution in [0.4, 0.5) is 5.69 Å². The molecule has 1 unspecified atom stereocenters. The molecule has 0 saturated heterocycles. The summed E-state index contributed by atoms with van der Waals surface area (Å²) in [5, 5.41) is 2.09. The third-order valence-electron chi connectivity index (χ3n) is 2.40. The van der Waals surface area contributed by atoms with Crippen molar-refractivity contribution in [2.24, 2.45) is 0 Å². The molecule has 1 N–H and O–H groups in total. The van der Waals surface area contributed by atoms with Crippen LogP contribution < -0.4 is 10.4 Å². The first-order valence-electron chi connectivity index (χ1n) is 5.70. The summed E-state index contributed by atoms with van der Waals surface area (Å²) in [6, 6.07) is 7.03. The molecule has 2 rings (SSSR count). The monoisotopic (exact) mass is 206 g/mol. The van der Waals surface area contributed by atoms with Gasteiger partial charge < -0.3 is 5.01 Å². The second-order valence-corrected chi connectivity index (χ2v) is 4.18. The van der Waals surface area contributed by atoms with Crippen molar-refractivity contribution in [2.75, 3.05) is 12.1 Å². The lowest BCUT2D eigenvalue weighted by molar-refractivity contribution is 0.616. The SMILES string of the molecule is CCC.Cc1ccc2c(c1)N(C)NC2C. The minimum atomic E-state index is 0.450. The molecule has 0 aliphatic carbocycles. The highest BCUT2D eigenvalue weighted by atomic mass is 15.5. The quantitative estimate of drug-likeness (QED) is 0.699. The molecule has 0 saturated carbocycles. The fraction of sp³-hybridized carbons (Fsp3) is 0.538. The van der Waals surface area contributed by atoms with Gasteiger partial charge in [0.1, 0.15) is 0 Å². The van der Waals surface area contributed by atoms with Gasteiger partial charge >= 0.3 is 0 Å². The molecular formula is C13H22N2. The molecule has 2 nitrogen and oxygen atoms in total. The van der Waals surface area contributed by atoms with Crippen molar-refractivity contribution in [1.82, 2.24) is 5.43 Å². The molecule has 0 bridgehead atoms. The third kappa shape index (κ3) is 2.72. The zero-order chi connectivity index (χ0) is 11.4. The van der Waals surface area contributed by atoms with Gasteiger partial charge in [-0.3, -0.25) is 0 Å². The standard InChI is InChI=1S/C10H14N2.C3H8/c1-7-4-5-9-8(2)11-12(3)10(9)6-7;1-3-2/h4-6,8,11H,1-3H3;3H2,1-2H3. The van der Waals surface area contributed by atoms with Crippen molar-refractivity contribution in [3.05, 3.63) is 29.3 Å². The van der Waals surface area contributed by atoms with E-state index in [9.17, 15) is 0 Å². The van der Waals surface area contributed by atoms with Crippen LogP contribution in [0.5, 0.6) is 0 Å². The number of fused-ring (bicyclic) bond motifs is 1. The Labute approximate surface area is 93.3 Å². The van der Waals surface area contributed by atoms with Crippen molar-refractivity contribution in [2.45, 2.75) is 40.2 Å². The van der Waals surface area contributed by atoms with Gasteiger partial charge in [0.2, 0.25) is 0 Å². The highest BCUT2D eigenvalue weighted by Gasteiger charge is 2.21. The predicted octanol–water partition coefficient (Wildman–Crippen LogP) is 3.43. The van der Waals surface area contributed by atoms with Crippen LogP contribution in [0.25, 0.3) is 0 Å². The first-order chi connectivity index (χ1) is 7.10. The smallest absolute Gasteiger partial charge is 0.0567 e. The van der Waals surface area contributed by atoms with Gasteiger partial charge in [-0.15, -0.1) is 0 Å². The van der Waals surface area contributed by atoms with E-state index in [1.54, 1.807) is 0 Å². The molecule has 84 valence electrons. The van der Waals surface area contributed by atoms with E-state index in [0.717, 1.165) is 0 Å². The van der Waals surface area contributed by atoms with Gasteiger partial charge in [-0.1, -0.05) is 32.4 Å². The summed E-state index contributed by atoms with van der Waals surface area (Å²) < 4.78 is 0. The van der Waals surface area contributed by atoms with E-state index in [2.05, 4.69) is 63.4 Å². The van der Waals surface area contributed by atoms with Gasteiger partial charge in [-0.2, -0.15) is 0 Å². The van der Waals surface area contributed by atoms with Gasteiger partial charge in [-0.05, 0) is 31.0 Å². The van der Waals surface area contributed by atoms with Crippen LogP contribution in [0.1, 0.15) is 44.4 Å². The summed E-state index contributed by atoms with van der Waals surface area (Å²) in [7, 11) is 2.06. The zero-order valence-corrected chi connectivity index (χ0v) is 10.5. The van der Waals surface area contributed by atoms with Crippen LogP contribution in [0.2, 0.25) is 0 Å². The van der Waals surface area contributed by atoms with Crippen molar-refractivity contribution in [1.29, 1.82) is 0 Å². The molecular weight excluding hydrogens is 184 g/mol. The molecule has 2 heteroatoms. The van der Waals surface area contributed by atoms with Crippen LogP contribution in [-0.2, 0) is 0 Å². The van der Waals surface area contributed by atoms with Crippen LogP contribution in [-0.4, -0.2) is 7.05 Å². The lowest BCUT2D eigenvalue weighted by Crippen LogP contribution is -2.28. The molecule has 15 heavy (non-hydrogen) atoms. The Morgan fingerprint density at radius 3 is 2.53 bits per heavy atom. The normalized spacial score (nSPS) is 18.2. The van der Waals surface area contributed by atoms with Crippen molar-refractivity contribution in [3.63, 3.8) is 0 Å². The average Bonchev–Trinajstić information content (AvgIpc) is 2.43. The van der Waals surface area contributed by atoms with Gasteiger partial charge in [0.15, 0.2) is 0 Å². The minimum absolute atomic E-state index is 0.450. The summed E-state index contributed by atoms with van der Waals surface area (Å²) in [5.74, 6) is 0. The number of hydrazine groups is 1. The molecule has 1 aliphatic rings. The van der Waals surface area contributed by atoms with E-state index in [1.165, 1.54) is 23.2 Å². The molecule has 0 radical (unpaired) electrons. The summed E-state index contributed by atoms with van der Waals surface area (Å²) in [6.07, 6.45) is 1.25. The molecule has 0 aromatic heterocycles. The van der Waals surface area contributed by atoms with Crippen LogP contribution in [0.3, 0.4) is 0 Å². The molecule has 1 atom stereocenters. The number of nitrogens with one attached hydrogen (secondary N) is 1. The minimum Gasteiger partial charge on any atom is -0.311 e. The molecule has 1 aromatic rings. The van der Waals surface area contributed by atoms with Crippen molar-refractivity contribution >= 4 is 5.69 Å². The van der Waals surface area contributed by atoms with E-state index in [1.807, 2.05) is 0 Å². The van der Waals surface area contributed by atoms with E-state index >= 15 is 0 Å². The summed E-state index contributed by atoms with van der Waals surface area (Å²) in [5.41, 5.74) is 7.36. The molecule has 1 heterocycles. The summed E-state index contributed by atoms with van der Waals surface area (Å²) in [4.78, 5) is 0. The van der Waals surface area contributed by atoms with Crippen LogP contribution in [0.15, 0.2) is 18.2 Å². The Morgan fingerprint density at radius 2 is 1.93 bits per heavy atom. The fourth-order valence-corrected chi connectivity index (χ4v) is 1.74. The van der Waals surface area contributed by atoms with Gasteiger partial charge in [0.25, 0.3) is 0 Å². The molecule has 1 aromatic carbocycles. The maximum Gasteiger partial charge on any atom is 0.0567 e. The second-order valence-electron chi connectivity index (χ2n) is 4.18. The van der Waals surface area contributed by atoms with E-state index in [0.29, 0.717) is 6.04 Å². The number of nitrogens with zero attached hydrogens (tertiary/aromatic N) is 1. The number of benzene rings is 1. The summed E-state index contributed by atoms with van der Waals surface area (Å²) in [6.45, 7) is 8.55. The van der Waals surface area contributed by atoms with Gasteiger partial charge in [-0.25, -0.2) is 5.43 Å². The maximum atomic E-state index is 3.34. The van der Waals surface area contributed by atoms with E-state index in [-0.39, 0.29) is 0 Å².